The lowest BCUT2D eigenvalue weighted by molar-refractivity contribution is 0.927. The van der Waals surface area contributed by atoms with E-state index < -0.39 is 0 Å². The van der Waals surface area contributed by atoms with E-state index in [-0.39, 0.29) is 0 Å². The number of hydrogen-bond donors (Lipinski definition) is 0. The maximum Gasteiger partial charge on any atom is 0.155 e. The molecule has 0 radical (unpaired) electrons. The van der Waals surface area contributed by atoms with Crippen molar-refractivity contribution in [3.8, 4) is 17.3 Å². The summed E-state index contributed by atoms with van der Waals surface area (Å²) in [5, 5.41) is 13.4. The van der Waals surface area contributed by atoms with Crippen LogP contribution in [0, 0.1) is 18.3 Å². The van der Waals surface area contributed by atoms with Crippen LogP contribution in [0.5, 0.6) is 0 Å². The average Bonchev–Trinajstić information content (AvgIpc) is 2.81. The number of nitrogens with zero attached hydrogens (tertiary/aromatic N) is 4. The molecule has 0 saturated heterocycles. The monoisotopic (exact) mass is 234 g/mol. The Bertz CT molecular complexity index is 751. The van der Waals surface area contributed by atoms with Crippen LogP contribution >= 0.6 is 0 Å². The van der Waals surface area contributed by atoms with Gasteiger partial charge in [0, 0.05) is 11.6 Å². The van der Waals surface area contributed by atoms with Crippen molar-refractivity contribution >= 4 is 5.65 Å². The number of benzene rings is 1. The molecule has 0 aliphatic heterocycles. The highest BCUT2D eigenvalue weighted by molar-refractivity contribution is 5.64. The Kier molecular flexibility index (Phi) is 2.31. The highest BCUT2D eigenvalue weighted by atomic mass is 15.2. The predicted octanol–water partition coefficient (Wildman–Crippen LogP) is 2.58. The Labute approximate surface area is 104 Å². The summed E-state index contributed by atoms with van der Waals surface area (Å²) >= 11 is 0. The van der Waals surface area contributed by atoms with Gasteiger partial charge in [0.2, 0.25) is 0 Å². The molecule has 3 aromatic rings. The molecule has 0 N–H and O–H groups in total. The van der Waals surface area contributed by atoms with Gasteiger partial charge in [0.25, 0.3) is 0 Å². The number of rotatable bonds is 1. The van der Waals surface area contributed by atoms with Gasteiger partial charge in [0.05, 0.1) is 23.1 Å². The van der Waals surface area contributed by atoms with E-state index in [1.54, 1.807) is 10.7 Å². The molecule has 0 aliphatic carbocycles. The molecule has 2 aromatic heterocycles. The number of nitriles is 1. The summed E-state index contributed by atoms with van der Waals surface area (Å²) in [5.41, 5.74) is 3.93. The minimum absolute atomic E-state index is 0.546. The summed E-state index contributed by atoms with van der Waals surface area (Å²) < 4.78 is 1.65. The summed E-state index contributed by atoms with van der Waals surface area (Å²) in [6.07, 6.45) is 1.71. The summed E-state index contributed by atoms with van der Waals surface area (Å²) in [6.45, 7) is 1.83. The number of hydrogen-bond acceptors (Lipinski definition) is 3. The minimum atomic E-state index is 0.546. The van der Waals surface area contributed by atoms with Crippen LogP contribution in [0.2, 0.25) is 0 Å². The molecule has 0 fully saturated rings. The molecule has 3 rings (SSSR count). The zero-order valence-electron chi connectivity index (χ0n) is 9.83. The molecule has 1 aromatic carbocycles. The Balaban J connectivity index is 2.21. The second kappa shape index (κ2) is 3.97. The lowest BCUT2D eigenvalue weighted by atomic mass is 10.2. The maximum absolute atomic E-state index is 8.97. The SMILES string of the molecule is Cc1nc2cc(-c3ccccc3)nn2cc1C#N. The average molecular weight is 234 g/mol. The zero-order chi connectivity index (χ0) is 12.5. The maximum atomic E-state index is 8.97. The van der Waals surface area contributed by atoms with Crippen LogP contribution in [-0.2, 0) is 0 Å². The first-order valence-electron chi connectivity index (χ1n) is 5.60. The van der Waals surface area contributed by atoms with Gasteiger partial charge < -0.3 is 0 Å². The molecule has 0 aliphatic rings. The highest BCUT2D eigenvalue weighted by Gasteiger charge is 2.07. The molecule has 0 bridgehead atoms. The molecule has 4 nitrogen and oxygen atoms in total. The van der Waals surface area contributed by atoms with Crippen molar-refractivity contribution in [3.63, 3.8) is 0 Å². The molecular weight excluding hydrogens is 224 g/mol. The Hall–Kier alpha value is -2.67. The van der Waals surface area contributed by atoms with Crippen molar-refractivity contribution < 1.29 is 0 Å². The van der Waals surface area contributed by atoms with E-state index in [4.69, 9.17) is 5.26 Å². The van der Waals surface area contributed by atoms with Gasteiger partial charge in [-0.1, -0.05) is 30.3 Å². The van der Waals surface area contributed by atoms with E-state index >= 15 is 0 Å². The molecule has 4 heteroatoms. The molecule has 0 unspecified atom stereocenters. The molecular formula is C14H10N4. The van der Waals surface area contributed by atoms with Crippen LogP contribution < -0.4 is 0 Å². The first-order chi connectivity index (χ1) is 8.78. The topological polar surface area (TPSA) is 54.0 Å². The molecule has 18 heavy (non-hydrogen) atoms. The summed E-state index contributed by atoms with van der Waals surface area (Å²) in [6, 6.07) is 13.9. The van der Waals surface area contributed by atoms with Gasteiger partial charge in [-0.05, 0) is 6.92 Å². The first kappa shape index (κ1) is 10.5. The lowest BCUT2D eigenvalue weighted by Gasteiger charge is -1.96. The van der Waals surface area contributed by atoms with Gasteiger partial charge >= 0.3 is 0 Å². The minimum Gasteiger partial charge on any atom is -0.232 e. The van der Waals surface area contributed by atoms with Crippen molar-refractivity contribution in [1.29, 1.82) is 5.26 Å². The standard InChI is InChI=1S/C14H10N4/c1-10-12(8-15)9-18-14(16-10)7-13(17-18)11-5-3-2-4-6-11/h2-7,9H,1H3. The van der Waals surface area contributed by atoms with Crippen molar-refractivity contribution in [1.82, 2.24) is 14.6 Å². The Morgan fingerprint density at radius 3 is 2.72 bits per heavy atom. The normalized spacial score (nSPS) is 10.4. The summed E-state index contributed by atoms with van der Waals surface area (Å²) in [4.78, 5) is 4.37. The molecule has 0 saturated carbocycles. The predicted molar refractivity (Wildman–Crippen MR) is 67.9 cm³/mol. The Morgan fingerprint density at radius 1 is 1.22 bits per heavy atom. The second-order valence-corrected chi connectivity index (χ2v) is 4.05. The van der Waals surface area contributed by atoms with E-state index in [9.17, 15) is 0 Å². The molecule has 0 amide bonds. The molecule has 0 spiro atoms. The summed E-state index contributed by atoms with van der Waals surface area (Å²) in [5.74, 6) is 0. The van der Waals surface area contributed by atoms with Crippen molar-refractivity contribution in [2.75, 3.05) is 0 Å². The first-order valence-corrected chi connectivity index (χ1v) is 5.60. The van der Waals surface area contributed by atoms with Crippen molar-refractivity contribution in [2.45, 2.75) is 6.92 Å². The van der Waals surface area contributed by atoms with Gasteiger partial charge in [-0.3, -0.25) is 0 Å². The van der Waals surface area contributed by atoms with Gasteiger partial charge in [0.1, 0.15) is 6.07 Å². The lowest BCUT2D eigenvalue weighted by Crippen LogP contribution is -1.95. The van der Waals surface area contributed by atoms with Crippen LogP contribution in [0.4, 0.5) is 0 Å². The molecule has 2 heterocycles. The molecule has 0 atom stereocenters. The Morgan fingerprint density at radius 2 is 2.00 bits per heavy atom. The van der Waals surface area contributed by atoms with Crippen LogP contribution in [0.1, 0.15) is 11.3 Å². The van der Waals surface area contributed by atoms with Crippen LogP contribution in [0.25, 0.3) is 16.9 Å². The quantitative estimate of drug-likeness (QED) is 0.650. The van der Waals surface area contributed by atoms with Crippen molar-refractivity contribution in [3.05, 3.63) is 53.9 Å². The third-order valence-electron chi connectivity index (χ3n) is 2.83. The third kappa shape index (κ3) is 1.62. The summed E-state index contributed by atoms with van der Waals surface area (Å²) in [7, 11) is 0. The van der Waals surface area contributed by atoms with Gasteiger partial charge in [-0.2, -0.15) is 10.4 Å². The largest absolute Gasteiger partial charge is 0.232 e. The van der Waals surface area contributed by atoms with Crippen LogP contribution in [0.3, 0.4) is 0 Å². The van der Waals surface area contributed by atoms with Gasteiger partial charge in [0.15, 0.2) is 5.65 Å². The number of aromatic nitrogens is 3. The number of aryl methyl sites for hydroxylation is 1. The fourth-order valence-corrected chi connectivity index (χ4v) is 1.87. The van der Waals surface area contributed by atoms with Gasteiger partial charge in [-0.15, -0.1) is 0 Å². The fraction of sp³-hybridized carbons (Fsp3) is 0.0714. The van der Waals surface area contributed by atoms with E-state index in [0.717, 1.165) is 22.6 Å². The number of fused-ring (bicyclic) bond motifs is 1. The zero-order valence-corrected chi connectivity index (χ0v) is 9.83. The third-order valence-corrected chi connectivity index (χ3v) is 2.83. The van der Waals surface area contributed by atoms with E-state index in [1.165, 1.54) is 0 Å². The van der Waals surface area contributed by atoms with E-state index in [2.05, 4.69) is 16.2 Å². The second-order valence-electron chi connectivity index (χ2n) is 4.05. The van der Waals surface area contributed by atoms with Crippen LogP contribution in [-0.4, -0.2) is 14.6 Å². The van der Waals surface area contributed by atoms with Crippen LogP contribution in [0.15, 0.2) is 42.6 Å². The van der Waals surface area contributed by atoms with E-state index in [1.807, 2.05) is 43.3 Å². The smallest absolute Gasteiger partial charge is 0.155 e. The van der Waals surface area contributed by atoms with Gasteiger partial charge in [-0.25, -0.2) is 9.50 Å². The molecule has 86 valence electrons. The van der Waals surface area contributed by atoms with Crippen molar-refractivity contribution in [2.24, 2.45) is 0 Å². The van der Waals surface area contributed by atoms with E-state index in [0.29, 0.717) is 5.56 Å². The fourth-order valence-electron chi connectivity index (χ4n) is 1.87. The highest BCUT2D eigenvalue weighted by Crippen LogP contribution is 2.19.